The Bertz CT molecular complexity index is 936. The third-order valence-corrected chi connectivity index (χ3v) is 5.44. The van der Waals surface area contributed by atoms with Crippen LogP contribution in [0.2, 0.25) is 0 Å². The van der Waals surface area contributed by atoms with Crippen LogP contribution in [0.4, 0.5) is 5.69 Å². The van der Waals surface area contributed by atoms with Crippen LogP contribution in [-0.2, 0) is 16.0 Å². The molecule has 0 radical (unpaired) electrons. The second kappa shape index (κ2) is 10.7. The van der Waals surface area contributed by atoms with Crippen molar-refractivity contribution in [2.45, 2.75) is 20.3 Å². The van der Waals surface area contributed by atoms with Gasteiger partial charge in [-0.05, 0) is 43.2 Å². The molecule has 7 nitrogen and oxygen atoms in total. The van der Waals surface area contributed by atoms with Gasteiger partial charge in [-0.3, -0.25) is 19.3 Å². The number of hydrogen-bond acceptors (Lipinski definition) is 4. The van der Waals surface area contributed by atoms with E-state index in [1.807, 2.05) is 47.9 Å². The summed E-state index contributed by atoms with van der Waals surface area (Å²) in [6.45, 7) is 7.23. The van der Waals surface area contributed by atoms with Crippen LogP contribution in [0.15, 0.2) is 48.5 Å². The molecule has 2 aromatic rings. The van der Waals surface area contributed by atoms with E-state index in [9.17, 15) is 14.4 Å². The van der Waals surface area contributed by atoms with Gasteiger partial charge in [0.15, 0.2) is 0 Å². The van der Waals surface area contributed by atoms with Crippen LogP contribution >= 0.6 is 0 Å². The molecule has 0 unspecified atom stereocenters. The summed E-state index contributed by atoms with van der Waals surface area (Å²) in [7, 11) is 0. The van der Waals surface area contributed by atoms with Gasteiger partial charge in [0.2, 0.25) is 11.8 Å². The Morgan fingerprint density at radius 1 is 0.968 bits per heavy atom. The molecule has 0 spiro atoms. The Labute approximate surface area is 183 Å². The van der Waals surface area contributed by atoms with Gasteiger partial charge in [0.25, 0.3) is 5.91 Å². The van der Waals surface area contributed by atoms with Crippen molar-refractivity contribution in [2.24, 2.45) is 0 Å². The molecule has 31 heavy (non-hydrogen) atoms. The van der Waals surface area contributed by atoms with E-state index in [2.05, 4.69) is 10.6 Å². The van der Waals surface area contributed by atoms with E-state index in [-0.39, 0.29) is 24.3 Å². The molecule has 0 bridgehead atoms. The maximum Gasteiger partial charge on any atom is 0.251 e. The Morgan fingerprint density at radius 2 is 1.71 bits per heavy atom. The van der Waals surface area contributed by atoms with Gasteiger partial charge in [-0.1, -0.05) is 30.3 Å². The van der Waals surface area contributed by atoms with Crippen LogP contribution in [0.3, 0.4) is 0 Å². The lowest BCUT2D eigenvalue weighted by Crippen LogP contribution is -2.50. The molecule has 1 heterocycles. The minimum atomic E-state index is -0.162. The molecule has 0 aliphatic carbocycles. The average molecular weight is 423 g/mol. The second-order valence-corrected chi connectivity index (χ2v) is 7.75. The lowest BCUT2D eigenvalue weighted by Gasteiger charge is -2.34. The summed E-state index contributed by atoms with van der Waals surface area (Å²) < 4.78 is 0. The van der Waals surface area contributed by atoms with E-state index in [1.165, 1.54) is 0 Å². The lowest BCUT2D eigenvalue weighted by molar-refractivity contribution is -0.132. The maximum absolute atomic E-state index is 12.6. The normalized spacial score (nSPS) is 14.2. The molecular weight excluding hydrogens is 392 g/mol. The molecule has 3 rings (SSSR count). The average Bonchev–Trinajstić information content (AvgIpc) is 2.76. The summed E-state index contributed by atoms with van der Waals surface area (Å²) in [4.78, 5) is 40.9. The number of anilines is 1. The van der Waals surface area contributed by atoms with Gasteiger partial charge in [0.1, 0.15) is 0 Å². The van der Waals surface area contributed by atoms with Crippen LogP contribution in [0.25, 0.3) is 0 Å². The first-order valence-corrected chi connectivity index (χ1v) is 10.7. The van der Waals surface area contributed by atoms with Crippen molar-refractivity contribution in [1.82, 2.24) is 15.1 Å². The van der Waals surface area contributed by atoms with E-state index in [4.69, 9.17) is 0 Å². The molecular formula is C24H30N4O3. The number of aryl methyl sites for hydroxylation is 1. The molecule has 1 aliphatic rings. The molecule has 1 aliphatic heterocycles. The van der Waals surface area contributed by atoms with E-state index >= 15 is 0 Å². The van der Waals surface area contributed by atoms with Crippen molar-refractivity contribution in [2.75, 3.05) is 44.6 Å². The summed E-state index contributed by atoms with van der Waals surface area (Å²) in [6, 6.07) is 14.8. The fraction of sp³-hybridized carbons (Fsp3) is 0.375. The number of piperazine rings is 1. The van der Waals surface area contributed by atoms with Crippen molar-refractivity contribution >= 4 is 23.4 Å². The summed E-state index contributed by atoms with van der Waals surface area (Å²) in [5.41, 5.74) is 3.30. The van der Waals surface area contributed by atoms with Crippen LogP contribution in [-0.4, -0.2) is 66.8 Å². The molecule has 7 heteroatoms. The first-order chi connectivity index (χ1) is 15.0. The second-order valence-electron chi connectivity index (χ2n) is 7.75. The zero-order valence-corrected chi connectivity index (χ0v) is 18.2. The maximum atomic E-state index is 12.6. The fourth-order valence-corrected chi connectivity index (χ4v) is 3.64. The highest BCUT2D eigenvalue weighted by Crippen LogP contribution is 2.13. The summed E-state index contributed by atoms with van der Waals surface area (Å²) in [5, 5.41) is 5.61. The summed E-state index contributed by atoms with van der Waals surface area (Å²) >= 11 is 0. The zero-order chi connectivity index (χ0) is 22.2. The third-order valence-electron chi connectivity index (χ3n) is 5.44. The first-order valence-electron chi connectivity index (χ1n) is 10.7. The fourth-order valence-electron chi connectivity index (χ4n) is 3.64. The Balaban J connectivity index is 1.46. The van der Waals surface area contributed by atoms with E-state index in [0.29, 0.717) is 50.4 Å². The quantitative estimate of drug-likeness (QED) is 0.716. The Morgan fingerprint density at radius 3 is 2.42 bits per heavy atom. The predicted molar refractivity (Wildman–Crippen MR) is 121 cm³/mol. The molecule has 1 fully saturated rings. The van der Waals surface area contributed by atoms with Gasteiger partial charge in [0, 0.05) is 44.0 Å². The molecule has 0 aromatic heterocycles. The Kier molecular flexibility index (Phi) is 7.78. The van der Waals surface area contributed by atoms with Crippen molar-refractivity contribution in [3.05, 3.63) is 65.2 Å². The molecule has 2 aromatic carbocycles. The number of nitrogens with one attached hydrogen (secondary N) is 2. The van der Waals surface area contributed by atoms with Gasteiger partial charge < -0.3 is 15.5 Å². The van der Waals surface area contributed by atoms with Crippen molar-refractivity contribution < 1.29 is 14.4 Å². The minimum absolute atomic E-state index is 0.126. The predicted octanol–water partition coefficient (Wildman–Crippen LogP) is 2.07. The minimum Gasteiger partial charge on any atom is -0.352 e. The largest absolute Gasteiger partial charge is 0.352 e. The lowest BCUT2D eigenvalue weighted by atomic mass is 10.1. The van der Waals surface area contributed by atoms with Gasteiger partial charge in [-0.25, -0.2) is 0 Å². The highest BCUT2D eigenvalue weighted by Gasteiger charge is 2.23. The smallest absolute Gasteiger partial charge is 0.251 e. The zero-order valence-electron chi connectivity index (χ0n) is 18.2. The van der Waals surface area contributed by atoms with Gasteiger partial charge in [-0.2, -0.15) is 0 Å². The van der Waals surface area contributed by atoms with Crippen molar-refractivity contribution in [3.63, 3.8) is 0 Å². The molecule has 2 N–H and O–H groups in total. The SMILES string of the molecule is CCNC(=O)c1cccc(NC(=O)CN2CCN(C(=O)Cc3ccccc3C)CC2)c1. The number of hydrogen-bond donors (Lipinski definition) is 2. The number of carbonyl (C=O) groups excluding carboxylic acids is 3. The number of nitrogens with zero attached hydrogens (tertiary/aromatic N) is 2. The Hall–Kier alpha value is -3.19. The van der Waals surface area contributed by atoms with Crippen molar-refractivity contribution in [1.29, 1.82) is 0 Å². The highest BCUT2D eigenvalue weighted by atomic mass is 16.2. The van der Waals surface area contributed by atoms with E-state index in [1.54, 1.807) is 24.3 Å². The van der Waals surface area contributed by atoms with Crippen LogP contribution in [0.1, 0.15) is 28.4 Å². The number of carbonyl (C=O) groups is 3. The molecule has 3 amide bonds. The number of benzene rings is 2. The highest BCUT2D eigenvalue weighted by molar-refractivity contribution is 5.97. The van der Waals surface area contributed by atoms with Crippen LogP contribution in [0.5, 0.6) is 0 Å². The van der Waals surface area contributed by atoms with E-state index < -0.39 is 0 Å². The monoisotopic (exact) mass is 422 g/mol. The standard InChI is InChI=1S/C24H30N4O3/c1-3-25-24(31)20-9-6-10-21(15-20)26-22(29)17-27-11-13-28(14-12-27)23(30)16-19-8-5-4-7-18(19)2/h4-10,15H,3,11-14,16-17H2,1-2H3,(H,25,31)(H,26,29). The molecule has 1 saturated heterocycles. The van der Waals surface area contributed by atoms with Gasteiger partial charge in [0.05, 0.1) is 13.0 Å². The van der Waals surface area contributed by atoms with E-state index in [0.717, 1.165) is 11.1 Å². The van der Waals surface area contributed by atoms with Crippen LogP contribution < -0.4 is 10.6 Å². The summed E-state index contributed by atoms with van der Waals surface area (Å²) in [5.74, 6) is -0.168. The van der Waals surface area contributed by atoms with Gasteiger partial charge in [-0.15, -0.1) is 0 Å². The third kappa shape index (κ3) is 6.39. The molecule has 0 atom stereocenters. The molecule has 0 saturated carbocycles. The summed E-state index contributed by atoms with van der Waals surface area (Å²) in [6.07, 6.45) is 0.412. The van der Waals surface area contributed by atoms with Crippen LogP contribution in [0, 0.1) is 6.92 Å². The number of rotatable bonds is 7. The number of amides is 3. The first kappa shape index (κ1) is 22.5. The van der Waals surface area contributed by atoms with Crippen molar-refractivity contribution in [3.8, 4) is 0 Å². The van der Waals surface area contributed by atoms with Gasteiger partial charge >= 0.3 is 0 Å². The topological polar surface area (TPSA) is 81.8 Å². The molecule has 164 valence electrons.